The number of thiazole rings is 2. The zero-order valence-corrected chi connectivity index (χ0v) is 22.5. The van der Waals surface area contributed by atoms with Crippen LogP contribution in [-0.4, -0.2) is 28.6 Å². The van der Waals surface area contributed by atoms with E-state index in [9.17, 15) is 8.42 Å². The van der Waals surface area contributed by atoms with Crippen molar-refractivity contribution < 1.29 is 8.42 Å². The molecular weight excluding hydrogens is 541 g/mol. The topological polar surface area (TPSA) is 110 Å². The Morgan fingerprint density at radius 2 is 1.86 bits per heavy atom. The van der Waals surface area contributed by atoms with Gasteiger partial charge in [-0.1, -0.05) is 29.5 Å². The molecule has 0 unspecified atom stereocenters. The van der Waals surface area contributed by atoms with Crippen molar-refractivity contribution in [2.45, 2.75) is 25.8 Å². The number of thiophene rings is 1. The van der Waals surface area contributed by atoms with Gasteiger partial charge >= 0.3 is 0 Å². The van der Waals surface area contributed by atoms with E-state index in [4.69, 9.17) is 4.98 Å². The minimum Gasteiger partial charge on any atom is -0.351 e. The van der Waals surface area contributed by atoms with Crippen molar-refractivity contribution in [1.29, 1.82) is 0 Å². The van der Waals surface area contributed by atoms with E-state index in [0.29, 0.717) is 18.5 Å². The first-order valence-corrected chi connectivity index (χ1v) is 15.1. The first-order valence-electron chi connectivity index (χ1n) is 10.5. The Morgan fingerprint density at radius 1 is 1.00 bits per heavy atom. The molecule has 35 heavy (non-hydrogen) atoms. The minimum absolute atomic E-state index is 0.128. The highest BCUT2D eigenvalue weighted by molar-refractivity contribution is 7.73. The fourth-order valence-electron chi connectivity index (χ4n) is 3.42. The summed E-state index contributed by atoms with van der Waals surface area (Å²) >= 11 is 6.43. The van der Waals surface area contributed by atoms with Crippen LogP contribution in [0.1, 0.15) is 33.0 Å². The molecule has 0 bridgehead atoms. The molecule has 0 spiro atoms. The highest BCUT2D eigenvalue weighted by Gasteiger charge is 2.19. The maximum Gasteiger partial charge on any atom is 0.222 e. The molecular formula is C22H20N6O2S5. The van der Waals surface area contributed by atoms with Crippen LogP contribution in [0.4, 0.5) is 10.8 Å². The maximum atomic E-state index is 10.9. The van der Waals surface area contributed by atoms with E-state index in [1.165, 1.54) is 11.3 Å². The molecule has 0 aliphatic rings. The Balaban J connectivity index is 1.37. The number of hydrogen-bond donors (Lipinski definition) is 3. The van der Waals surface area contributed by atoms with Gasteiger partial charge in [0.25, 0.3) is 0 Å². The van der Waals surface area contributed by atoms with Crippen LogP contribution < -0.4 is 10.0 Å². The lowest BCUT2D eigenvalue weighted by molar-refractivity contribution is 0.619. The van der Waals surface area contributed by atoms with Crippen LogP contribution in [0, 0.1) is 6.92 Å². The van der Waals surface area contributed by atoms with Gasteiger partial charge in [-0.3, -0.25) is 4.72 Å². The van der Waals surface area contributed by atoms with Crippen molar-refractivity contribution in [2.75, 3.05) is 10.0 Å². The normalized spacial score (nSPS) is 12.2. The fraction of sp³-hybridized carbons (Fsp3) is 0.182. The van der Waals surface area contributed by atoms with Gasteiger partial charge in [0.15, 0.2) is 0 Å². The van der Waals surface area contributed by atoms with Gasteiger partial charge in [0, 0.05) is 22.9 Å². The summed E-state index contributed by atoms with van der Waals surface area (Å²) < 4.78 is 24.3. The predicted octanol–water partition coefficient (Wildman–Crippen LogP) is 5.41. The number of aromatic nitrogens is 4. The molecule has 8 nitrogen and oxygen atoms in total. The fourth-order valence-corrected chi connectivity index (χ4v) is 6.89. The number of nitrogens with zero attached hydrogens (tertiary/aromatic N) is 4. The molecule has 0 saturated heterocycles. The SMILES string of the molecule is Cc1nc(Cc2nnc(N[C@@H](Cc3ccc(N[SH](=O)=O)cc3)c3csc(-c4cccs4)n3)s2)cs1. The lowest BCUT2D eigenvalue weighted by Gasteiger charge is -2.16. The standard InChI is InChI=1S/C22H20N6O2S5/c1-13-23-16(11-32-13)10-20-26-27-22(34-20)25-17(9-14-4-6-15(7-5-14)28-35(29)30)18-12-33-21(24-18)19-3-2-8-31-19/h2-8,11-12,17,35H,9-10H2,1H3,(H,25,27)(H,28,29,30)/t17-/m0/s1. The monoisotopic (exact) mass is 560 g/mol. The van der Waals surface area contributed by atoms with Crippen molar-refractivity contribution in [2.24, 2.45) is 0 Å². The van der Waals surface area contributed by atoms with Gasteiger partial charge in [0.1, 0.15) is 10.0 Å². The summed E-state index contributed by atoms with van der Waals surface area (Å²) in [7, 11) is -2.69. The molecule has 13 heteroatoms. The molecule has 1 aromatic carbocycles. The molecule has 2 N–H and O–H groups in total. The van der Waals surface area contributed by atoms with E-state index in [-0.39, 0.29) is 6.04 Å². The van der Waals surface area contributed by atoms with Gasteiger partial charge in [0.05, 0.1) is 27.3 Å². The molecule has 4 heterocycles. The molecule has 0 fully saturated rings. The largest absolute Gasteiger partial charge is 0.351 e. The van der Waals surface area contributed by atoms with Gasteiger partial charge in [-0.25, -0.2) is 18.4 Å². The first kappa shape index (κ1) is 24.0. The van der Waals surface area contributed by atoms with Crippen LogP contribution >= 0.6 is 45.3 Å². The van der Waals surface area contributed by atoms with E-state index in [0.717, 1.165) is 42.0 Å². The second-order valence-corrected chi connectivity index (χ2v) is 12.2. The summed E-state index contributed by atoms with van der Waals surface area (Å²) in [6, 6.07) is 11.3. The highest BCUT2D eigenvalue weighted by atomic mass is 32.2. The van der Waals surface area contributed by atoms with Crippen molar-refractivity contribution in [3.63, 3.8) is 0 Å². The predicted molar refractivity (Wildman–Crippen MR) is 145 cm³/mol. The van der Waals surface area contributed by atoms with Crippen LogP contribution in [-0.2, 0) is 23.7 Å². The third-order valence-corrected chi connectivity index (χ3v) is 9.01. The van der Waals surface area contributed by atoms with Gasteiger partial charge in [-0.15, -0.1) is 44.2 Å². The molecule has 5 aromatic rings. The number of nitrogens with one attached hydrogen (secondary N) is 2. The Kier molecular flexibility index (Phi) is 7.48. The molecule has 0 amide bonds. The van der Waals surface area contributed by atoms with E-state index < -0.39 is 10.9 Å². The molecule has 4 aromatic heterocycles. The number of hydrogen-bond acceptors (Lipinski definition) is 11. The summed E-state index contributed by atoms with van der Waals surface area (Å²) in [5.41, 5.74) is 3.51. The molecule has 180 valence electrons. The van der Waals surface area contributed by atoms with Crippen molar-refractivity contribution in [1.82, 2.24) is 20.2 Å². The third kappa shape index (κ3) is 6.30. The van der Waals surface area contributed by atoms with Crippen molar-refractivity contribution >= 4 is 67.1 Å². The second-order valence-electron chi connectivity index (χ2n) is 7.56. The number of anilines is 2. The summed E-state index contributed by atoms with van der Waals surface area (Å²) in [6.45, 7) is 1.99. The molecule has 1 atom stereocenters. The van der Waals surface area contributed by atoms with E-state index in [1.54, 1.807) is 46.1 Å². The van der Waals surface area contributed by atoms with Crippen LogP contribution in [0.5, 0.6) is 0 Å². The summed E-state index contributed by atoms with van der Waals surface area (Å²) in [6.07, 6.45) is 1.31. The quantitative estimate of drug-likeness (QED) is 0.196. The highest BCUT2D eigenvalue weighted by Crippen LogP contribution is 2.33. The van der Waals surface area contributed by atoms with Crippen LogP contribution in [0.3, 0.4) is 0 Å². The summed E-state index contributed by atoms with van der Waals surface area (Å²) in [4.78, 5) is 10.6. The zero-order chi connectivity index (χ0) is 24.2. The molecule has 0 saturated carbocycles. The van der Waals surface area contributed by atoms with Gasteiger partial charge in [-0.2, -0.15) is 0 Å². The lowest BCUT2D eigenvalue weighted by atomic mass is 10.0. The van der Waals surface area contributed by atoms with Crippen molar-refractivity contribution in [3.05, 3.63) is 79.5 Å². The first-order chi connectivity index (χ1) is 17.0. The van der Waals surface area contributed by atoms with Gasteiger partial charge < -0.3 is 5.32 Å². The van der Waals surface area contributed by atoms with Crippen LogP contribution in [0.25, 0.3) is 9.88 Å². The van der Waals surface area contributed by atoms with Crippen LogP contribution in [0.2, 0.25) is 0 Å². The Morgan fingerprint density at radius 3 is 2.57 bits per heavy atom. The lowest BCUT2D eigenvalue weighted by Crippen LogP contribution is -2.14. The number of benzene rings is 1. The van der Waals surface area contributed by atoms with Gasteiger partial charge in [0.2, 0.25) is 16.0 Å². The van der Waals surface area contributed by atoms with E-state index >= 15 is 0 Å². The third-order valence-electron chi connectivity index (χ3n) is 4.99. The molecule has 5 rings (SSSR count). The number of thiol groups is 1. The molecule has 0 radical (unpaired) electrons. The zero-order valence-electron chi connectivity index (χ0n) is 18.4. The Bertz CT molecular complexity index is 1460. The van der Waals surface area contributed by atoms with E-state index in [1.807, 2.05) is 30.5 Å². The second kappa shape index (κ2) is 10.9. The Labute approximate surface area is 219 Å². The molecule has 0 aliphatic heterocycles. The van der Waals surface area contributed by atoms with Crippen LogP contribution in [0.15, 0.2) is 52.5 Å². The minimum atomic E-state index is -2.69. The molecule has 0 aliphatic carbocycles. The average molecular weight is 561 g/mol. The van der Waals surface area contributed by atoms with E-state index in [2.05, 4.69) is 42.0 Å². The number of rotatable bonds is 10. The van der Waals surface area contributed by atoms with Crippen molar-refractivity contribution in [3.8, 4) is 9.88 Å². The summed E-state index contributed by atoms with van der Waals surface area (Å²) in [5, 5.41) is 22.1. The van der Waals surface area contributed by atoms with Gasteiger partial charge in [-0.05, 0) is 42.5 Å². The number of aryl methyl sites for hydroxylation is 1. The summed E-state index contributed by atoms with van der Waals surface area (Å²) in [5.74, 6) is 0. The maximum absolute atomic E-state index is 10.9. The average Bonchev–Trinajstić information content (AvgIpc) is 3.63. The Hall–Kier alpha value is -2.71. The smallest absolute Gasteiger partial charge is 0.222 e.